The summed E-state index contributed by atoms with van der Waals surface area (Å²) in [4.78, 5) is 19.6. The molecule has 0 aliphatic carbocycles. The van der Waals surface area contributed by atoms with Gasteiger partial charge in [0, 0.05) is 10.0 Å². The van der Waals surface area contributed by atoms with Crippen LogP contribution in [0.1, 0.15) is 16.7 Å². The molecule has 4 nitrogen and oxygen atoms in total. The molecular formula is C24H19BrN2O2. The summed E-state index contributed by atoms with van der Waals surface area (Å²) < 4.78 is 6.23. The first-order chi connectivity index (χ1) is 14.0. The average molecular weight is 447 g/mol. The monoisotopic (exact) mass is 446 g/mol. The Morgan fingerprint density at radius 1 is 0.931 bits per heavy atom. The molecule has 0 bridgehead atoms. The van der Waals surface area contributed by atoms with Gasteiger partial charge in [-0.3, -0.25) is 9.69 Å². The molecule has 1 amide bonds. The van der Waals surface area contributed by atoms with Crippen molar-refractivity contribution in [1.82, 2.24) is 0 Å². The van der Waals surface area contributed by atoms with Crippen molar-refractivity contribution in [2.75, 3.05) is 12.0 Å². The van der Waals surface area contributed by atoms with Gasteiger partial charge < -0.3 is 4.74 Å². The maximum absolute atomic E-state index is 13.3. The van der Waals surface area contributed by atoms with Crippen LogP contribution in [0.15, 0.2) is 88.0 Å². The van der Waals surface area contributed by atoms with Gasteiger partial charge in [0.2, 0.25) is 0 Å². The Bertz CT molecular complexity index is 1100. The molecular weight excluding hydrogens is 428 g/mol. The van der Waals surface area contributed by atoms with Gasteiger partial charge in [0.05, 0.1) is 12.8 Å². The predicted octanol–water partition coefficient (Wildman–Crippen LogP) is 5.60. The van der Waals surface area contributed by atoms with Crippen LogP contribution in [-0.2, 0) is 4.79 Å². The number of hydrogen-bond donors (Lipinski definition) is 0. The fraction of sp³-hybridized carbons (Fsp3) is 0.0833. The number of aryl methyl sites for hydroxylation is 1. The lowest BCUT2D eigenvalue weighted by atomic mass is 10.1. The lowest BCUT2D eigenvalue weighted by molar-refractivity contribution is -0.113. The molecule has 0 aromatic heterocycles. The number of nitrogens with zero attached hydrogens (tertiary/aromatic N) is 2. The van der Waals surface area contributed by atoms with E-state index < -0.39 is 0 Å². The summed E-state index contributed by atoms with van der Waals surface area (Å²) in [5, 5.41) is 0. The molecule has 0 saturated heterocycles. The summed E-state index contributed by atoms with van der Waals surface area (Å²) in [5.41, 5.74) is 4.10. The number of amidine groups is 1. The molecule has 0 saturated carbocycles. The van der Waals surface area contributed by atoms with Gasteiger partial charge in [0.15, 0.2) is 0 Å². The first-order valence-electron chi connectivity index (χ1n) is 9.16. The number of carbonyl (C=O) groups excluding carboxylic acids is 1. The van der Waals surface area contributed by atoms with Crippen LogP contribution >= 0.6 is 15.9 Å². The average Bonchev–Trinajstić information content (AvgIpc) is 3.06. The standard InChI is InChI=1S/C24H19BrN2O2/c1-16-3-7-18(8-4-16)23-26-22(15-17-5-9-19(25)10-6-17)24(28)27(23)20-11-13-21(29-2)14-12-20/h3-15H,1-2H3. The highest BCUT2D eigenvalue weighted by Gasteiger charge is 2.32. The van der Waals surface area contributed by atoms with Crippen LogP contribution in [0, 0.1) is 6.92 Å². The Morgan fingerprint density at radius 3 is 2.21 bits per heavy atom. The van der Waals surface area contributed by atoms with Crippen molar-refractivity contribution in [1.29, 1.82) is 0 Å². The number of aliphatic imine (C=N–C) groups is 1. The molecule has 0 atom stereocenters. The Balaban J connectivity index is 1.79. The van der Waals surface area contributed by atoms with E-state index in [1.165, 1.54) is 0 Å². The number of halogens is 1. The zero-order chi connectivity index (χ0) is 20.4. The van der Waals surface area contributed by atoms with Crippen molar-refractivity contribution in [2.45, 2.75) is 6.92 Å². The SMILES string of the molecule is COc1ccc(N2C(=O)C(=Cc3ccc(Br)cc3)N=C2c2ccc(C)cc2)cc1. The van der Waals surface area contributed by atoms with E-state index in [4.69, 9.17) is 9.73 Å². The van der Waals surface area contributed by atoms with Crippen molar-refractivity contribution < 1.29 is 9.53 Å². The van der Waals surface area contributed by atoms with Crippen molar-refractivity contribution in [3.8, 4) is 5.75 Å². The number of methoxy groups -OCH3 is 1. The molecule has 0 radical (unpaired) electrons. The number of amides is 1. The largest absolute Gasteiger partial charge is 0.497 e. The minimum absolute atomic E-state index is 0.159. The fourth-order valence-electron chi connectivity index (χ4n) is 3.10. The molecule has 1 aliphatic heterocycles. The normalized spacial score (nSPS) is 15.0. The molecule has 0 spiro atoms. The van der Waals surface area contributed by atoms with E-state index in [0.717, 1.165) is 32.6 Å². The number of rotatable bonds is 4. The minimum Gasteiger partial charge on any atom is -0.497 e. The molecule has 0 unspecified atom stereocenters. The fourth-order valence-corrected chi connectivity index (χ4v) is 3.36. The van der Waals surface area contributed by atoms with E-state index in [2.05, 4.69) is 15.9 Å². The van der Waals surface area contributed by atoms with E-state index in [1.54, 1.807) is 12.0 Å². The number of ether oxygens (including phenoxy) is 1. The number of carbonyl (C=O) groups is 1. The highest BCUT2D eigenvalue weighted by atomic mass is 79.9. The van der Waals surface area contributed by atoms with Crippen molar-refractivity contribution in [2.24, 2.45) is 4.99 Å². The van der Waals surface area contributed by atoms with Gasteiger partial charge in [-0.05, 0) is 55.0 Å². The molecule has 144 valence electrons. The summed E-state index contributed by atoms with van der Waals surface area (Å²) in [6, 6.07) is 23.2. The number of hydrogen-bond acceptors (Lipinski definition) is 3. The first-order valence-corrected chi connectivity index (χ1v) is 9.96. The minimum atomic E-state index is -0.159. The zero-order valence-corrected chi connectivity index (χ0v) is 17.7. The van der Waals surface area contributed by atoms with E-state index in [9.17, 15) is 4.79 Å². The van der Waals surface area contributed by atoms with E-state index >= 15 is 0 Å². The number of benzene rings is 3. The summed E-state index contributed by atoms with van der Waals surface area (Å²) in [7, 11) is 1.62. The quantitative estimate of drug-likeness (QED) is 0.489. The molecule has 1 aliphatic rings. The lowest BCUT2D eigenvalue weighted by Crippen LogP contribution is -2.32. The predicted molar refractivity (Wildman–Crippen MR) is 120 cm³/mol. The summed E-state index contributed by atoms with van der Waals surface area (Å²) in [5.74, 6) is 1.19. The Labute approximate surface area is 178 Å². The maximum Gasteiger partial charge on any atom is 0.282 e. The van der Waals surface area contributed by atoms with Gasteiger partial charge in [0.25, 0.3) is 5.91 Å². The molecule has 5 heteroatoms. The van der Waals surface area contributed by atoms with Crippen LogP contribution in [0.2, 0.25) is 0 Å². The molecule has 1 heterocycles. The first kappa shape index (κ1) is 19.2. The van der Waals surface area contributed by atoms with Crippen LogP contribution in [0.3, 0.4) is 0 Å². The van der Waals surface area contributed by atoms with Gasteiger partial charge in [-0.1, -0.05) is 57.9 Å². The Morgan fingerprint density at radius 2 is 1.59 bits per heavy atom. The van der Waals surface area contributed by atoms with Crippen LogP contribution in [-0.4, -0.2) is 18.9 Å². The van der Waals surface area contributed by atoms with E-state index in [1.807, 2.05) is 85.8 Å². The Hall–Kier alpha value is -3.18. The van der Waals surface area contributed by atoms with Crippen molar-refractivity contribution in [3.63, 3.8) is 0 Å². The Kier molecular flexibility index (Phi) is 5.32. The maximum atomic E-state index is 13.3. The summed E-state index contributed by atoms with van der Waals surface area (Å²) in [6.45, 7) is 2.03. The van der Waals surface area contributed by atoms with Gasteiger partial charge >= 0.3 is 0 Å². The number of anilines is 1. The third-order valence-corrected chi connectivity index (χ3v) is 5.20. The van der Waals surface area contributed by atoms with Gasteiger partial charge in [-0.15, -0.1) is 0 Å². The molecule has 0 fully saturated rings. The van der Waals surface area contributed by atoms with Crippen LogP contribution in [0.25, 0.3) is 6.08 Å². The molecule has 4 rings (SSSR count). The molecule has 3 aromatic carbocycles. The summed E-state index contributed by atoms with van der Waals surface area (Å²) in [6.07, 6.45) is 1.81. The zero-order valence-electron chi connectivity index (χ0n) is 16.1. The second kappa shape index (κ2) is 8.05. The molecule has 29 heavy (non-hydrogen) atoms. The van der Waals surface area contributed by atoms with E-state index in [-0.39, 0.29) is 5.91 Å². The molecule has 0 N–H and O–H groups in total. The van der Waals surface area contributed by atoms with Crippen LogP contribution in [0.4, 0.5) is 5.69 Å². The topological polar surface area (TPSA) is 41.9 Å². The van der Waals surface area contributed by atoms with E-state index in [0.29, 0.717) is 11.5 Å². The third kappa shape index (κ3) is 4.00. The highest BCUT2D eigenvalue weighted by Crippen LogP contribution is 2.29. The third-order valence-electron chi connectivity index (χ3n) is 4.67. The van der Waals surface area contributed by atoms with Gasteiger partial charge in [0.1, 0.15) is 17.3 Å². The second-order valence-electron chi connectivity index (χ2n) is 6.72. The lowest BCUT2D eigenvalue weighted by Gasteiger charge is -2.19. The highest BCUT2D eigenvalue weighted by molar-refractivity contribution is 9.10. The smallest absolute Gasteiger partial charge is 0.282 e. The van der Waals surface area contributed by atoms with Crippen molar-refractivity contribution in [3.05, 3.63) is 99.7 Å². The van der Waals surface area contributed by atoms with Crippen LogP contribution in [0.5, 0.6) is 5.75 Å². The van der Waals surface area contributed by atoms with Crippen molar-refractivity contribution >= 4 is 39.4 Å². The van der Waals surface area contributed by atoms with Gasteiger partial charge in [-0.25, -0.2) is 4.99 Å². The molecule has 3 aromatic rings. The van der Waals surface area contributed by atoms with Gasteiger partial charge in [-0.2, -0.15) is 0 Å². The summed E-state index contributed by atoms with van der Waals surface area (Å²) >= 11 is 3.43. The second-order valence-corrected chi connectivity index (χ2v) is 7.64. The van der Waals surface area contributed by atoms with Crippen LogP contribution < -0.4 is 9.64 Å².